The van der Waals surface area contributed by atoms with E-state index in [4.69, 9.17) is 5.73 Å². The Morgan fingerprint density at radius 3 is 2.88 bits per heavy atom. The fourth-order valence-electron chi connectivity index (χ4n) is 2.01. The highest BCUT2D eigenvalue weighted by Gasteiger charge is 2.08. The van der Waals surface area contributed by atoms with Crippen molar-refractivity contribution in [2.24, 2.45) is 5.73 Å². The summed E-state index contributed by atoms with van der Waals surface area (Å²) in [6.45, 7) is 2.61. The molecule has 1 heterocycles. The van der Waals surface area contributed by atoms with Crippen molar-refractivity contribution in [2.45, 2.75) is 26.2 Å². The van der Waals surface area contributed by atoms with E-state index in [0.717, 1.165) is 36.0 Å². The van der Waals surface area contributed by atoms with Gasteiger partial charge in [0.05, 0.1) is 0 Å². The average Bonchev–Trinajstić information content (AvgIpc) is 2.64. The Morgan fingerprint density at radius 1 is 1.31 bits per heavy atom. The molecule has 0 saturated heterocycles. The molecule has 2 aromatic rings. The topological polar surface area (TPSA) is 41.8 Å². The number of hydrogen-bond acceptors (Lipinski definition) is 1. The number of aromatic amines is 1. The highest BCUT2D eigenvalue weighted by atomic mass is 19.1. The molecule has 0 spiro atoms. The van der Waals surface area contributed by atoms with E-state index in [9.17, 15) is 4.39 Å². The molecule has 3 heteroatoms. The Bertz CT molecular complexity index is 488. The van der Waals surface area contributed by atoms with Gasteiger partial charge in [0.15, 0.2) is 0 Å². The number of H-pyrrole nitrogens is 1. The van der Waals surface area contributed by atoms with Crippen molar-refractivity contribution in [1.29, 1.82) is 0 Å². The van der Waals surface area contributed by atoms with Crippen molar-refractivity contribution >= 4 is 10.9 Å². The number of aromatic nitrogens is 1. The maximum atomic E-state index is 14.1. The molecule has 0 atom stereocenters. The lowest BCUT2D eigenvalue weighted by molar-refractivity contribution is 0.612. The van der Waals surface area contributed by atoms with Crippen molar-refractivity contribution in [2.75, 3.05) is 6.54 Å². The zero-order valence-electron chi connectivity index (χ0n) is 9.52. The smallest absolute Gasteiger partial charge is 0.135 e. The van der Waals surface area contributed by atoms with Crippen LogP contribution in [0.4, 0.5) is 4.39 Å². The number of aryl methyl sites for hydroxylation is 2. The molecule has 0 unspecified atom stereocenters. The monoisotopic (exact) mass is 220 g/mol. The Labute approximate surface area is 94.7 Å². The van der Waals surface area contributed by atoms with E-state index in [1.165, 1.54) is 0 Å². The quantitative estimate of drug-likeness (QED) is 0.764. The van der Waals surface area contributed by atoms with Gasteiger partial charge in [-0.15, -0.1) is 0 Å². The number of nitrogens with two attached hydrogens (primary N) is 1. The van der Waals surface area contributed by atoms with E-state index in [2.05, 4.69) is 4.98 Å². The third-order valence-corrected chi connectivity index (χ3v) is 2.85. The molecular formula is C13H17FN2. The number of rotatable bonds is 4. The van der Waals surface area contributed by atoms with E-state index in [1.54, 1.807) is 0 Å². The molecule has 2 nitrogen and oxygen atoms in total. The summed E-state index contributed by atoms with van der Waals surface area (Å²) in [5.74, 6) is -0.0844. The van der Waals surface area contributed by atoms with Gasteiger partial charge in [0.25, 0.3) is 0 Å². The number of unbranched alkanes of at least 4 members (excludes halogenated alkanes) is 1. The molecule has 1 aromatic carbocycles. The van der Waals surface area contributed by atoms with Crippen LogP contribution in [0.25, 0.3) is 10.9 Å². The van der Waals surface area contributed by atoms with E-state index in [-0.39, 0.29) is 5.82 Å². The number of fused-ring (bicyclic) bond motifs is 1. The fourth-order valence-corrected chi connectivity index (χ4v) is 2.01. The molecule has 2 rings (SSSR count). The molecule has 0 aliphatic heterocycles. The lowest BCUT2D eigenvalue weighted by Crippen LogP contribution is -2.00. The fraction of sp³-hybridized carbons (Fsp3) is 0.385. The van der Waals surface area contributed by atoms with Crippen LogP contribution in [-0.4, -0.2) is 11.5 Å². The van der Waals surface area contributed by atoms with E-state index >= 15 is 0 Å². The first-order valence-electron chi connectivity index (χ1n) is 5.69. The normalized spacial score (nSPS) is 11.2. The maximum Gasteiger partial charge on any atom is 0.135 e. The van der Waals surface area contributed by atoms with Crippen LogP contribution in [0.1, 0.15) is 24.1 Å². The highest BCUT2D eigenvalue weighted by molar-refractivity contribution is 5.81. The van der Waals surface area contributed by atoms with E-state index < -0.39 is 0 Å². The first-order valence-corrected chi connectivity index (χ1v) is 5.69. The minimum atomic E-state index is -0.0844. The third-order valence-electron chi connectivity index (χ3n) is 2.85. The average molecular weight is 220 g/mol. The van der Waals surface area contributed by atoms with Crippen LogP contribution < -0.4 is 5.73 Å². The van der Waals surface area contributed by atoms with Gasteiger partial charge in [-0.1, -0.05) is 6.07 Å². The molecule has 0 amide bonds. The van der Waals surface area contributed by atoms with Gasteiger partial charge in [-0.25, -0.2) is 4.39 Å². The van der Waals surface area contributed by atoms with Gasteiger partial charge < -0.3 is 10.7 Å². The zero-order chi connectivity index (χ0) is 11.5. The van der Waals surface area contributed by atoms with Crippen LogP contribution in [0.2, 0.25) is 0 Å². The summed E-state index contributed by atoms with van der Waals surface area (Å²) in [5.41, 5.74) is 8.08. The predicted octanol–water partition coefficient (Wildman–Crippen LogP) is 2.90. The van der Waals surface area contributed by atoms with Gasteiger partial charge >= 0.3 is 0 Å². The lowest BCUT2D eigenvalue weighted by Gasteiger charge is -2.03. The third kappa shape index (κ3) is 2.09. The summed E-state index contributed by atoms with van der Waals surface area (Å²) < 4.78 is 14.1. The molecule has 0 saturated carbocycles. The molecule has 0 aliphatic carbocycles. The molecule has 86 valence electrons. The molecule has 0 radical (unpaired) electrons. The van der Waals surface area contributed by atoms with Crippen LogP contribution in [0.15, 0.2) is 18.2 Å². The van der Waals surface area contributed by atoms with Crippen LogP contribution in [0.5, 0.6) is 0 Å². The second-order valence-corrected chi connectivity index (χ2v) is 4.20. The SMILES string of the molecule is Cc1cc2c(F)c(CCCCN)ccc2[nH]1. The first kappa shape index (κ1) is 11.1. The number of benzene rings is 1. The minimum absolute atomic E-state index is 0.0844. The summed E-state index contributed by atoms with van der Waals surface area (Å²) in [7, 11) is 0. The maximum absolute atomic E-state index is 14.1. The van der Waals surface area contributed by atoms with Gasteiger partial charge in [0.2, 0.25) is 0 Å². The van der Waals surface area contributed by atoms with Gasteiger partial charge in [-0.05, 0) is 50.4 Å². The van der Waals surface area contributed by atoms with Crippen LogP contribution in [-0.2, 0) is 6.42 Å². The molecular weight excluding hydrogens is 203 g/mol. The van der Waals surface area contributed by atoms with Crippen LogP contribution in [0.3, 0.4) is 0 Å². The Hall–Kier alpha value is -1.35. The second-order valence-electron chi connectivity index (χ2n) is 4.20. The first-order chi connectivity index (χ1) is 7.72. The van der Waals surface area contributed by atoms with Gasteiger partial charge in [0, 0.05) is 16.6 Å². The summed E-state index contributed by atoms with van der Waals surface area (Å²) in [5, 5.41) is 0.697. The predicted molar refractivity (Wildman–Crippen MR) is 65.0 cm³/mol. The summed E-state index contributed by atoms with van der Waals surface area (Å²) in [6.07, 6.45) is 2.66. The number of nitrogens with one attached hydrogen (secondary N) is 1. The standard InChI is InChI=1S/C13H17FN2/c1-9-8-11-12(16-9)6-5-10(13(11)14)4-2-3-7-15/h5-6,8,16H,2-4,7,15H2,1H3. The van der Waals surface area contributed by atoms with Crippen molar-refractivity contribution in [3.05, 3.63) is 35.3 Å². The summed E-state index contributed by atoms with van der Waals surface area (Å²) in [6, 6.07) is 5.67. The van der Waals surface area contributed by atoms with Gasteiger partial charge in [0.1, 0.15) is 5.82 Å². The van der Waals surface area contributed by atoms with Crippen molar-refractivity contribution in [1.82, 2.24) is 4.98 Å². The number of hydrogen-bond donors (Lipinski definition) is 2. The minimum Gasteiger partial charge on any atom is -0.359 e. The van der Waals surface area contributed by atoms with Crippen molar-refractivity contribution in [3.63, 3.8) is 0 Å². The van der Waals surface area contributed by atoms with Crippen LogP contribution >= 0.6 is 0 Å². The Balaban J connectivity index is 2.29. The number of halogens is 1. The van der Waals surface area contributed by atoms with E-state index in [0.29, 0.717) is 11.9 Å². The lowest BCUT2D eigenvalue weighted by atomic mass is 10.1. The summed E-state index contributed by atoms with van der Waals surface area (Å²) >= 11 is 0. The van der Waals surface area contributed by atoms with Gasteiger partial charge in [-0.3, -0.25) is 0 Å². The van der Waals surface area contributed by atoms with Gasteiger partial charge in [-0.2, -0.15) is 0 Å². The molecule has 3 N–H and O–H groups in total. The highest BCUT2D eigenvalue weighted by Crippen LogP contribution is 2.22. The summed E-state index contributed by atoms with van der Waals surface area (Å²) in [4.78, 5) is 3.13. The molecule has 0 aliphatic rings. The second kappa shape index (κ2) is 4.66. The van der Waals surface area contributed by atoms with E-state index in [1.807, 2.05) is 25.1 Å². The Morgan fingerprint density at radius 2 is 2.12 bits per heavy atom. The molecule has 0 fully saturated rings. The van der Waals surface area contributed by atoms with Crippen molar-refractivity contribution < 1.29 is 4.39 Å². The van der Waals surface area contributed by atoms with Crippen molar-refractivity contribution in [3.8, 4) is 0 Å². The largest absolute Gasteiger partial charge is 0.359 e. The molecule has 16 heavy (non-hydrogen) atoms. The molecule has 1 aromatic heterocycles. The molecule has 0 bridgehead atoms. The zero-order valence-corrected chi connectivity index (χ0v) is 9.52. The Kier molecular flexibility index (Phi) is 3.25. The van der Waals surface area contributed by atoms with Crippen LogP contribution in [0, 0.1) is 12.7 Å².